The van der Waals surface area contributed by atoms with Crippen molar-refractivity contribution < 1.29 is 19.4 Å². The van der Waals surface area contributed by atoms with Gasteiger partial charge >= 0.3 is 6.09 Å². The number of aliphatic hydroxyl groups excluding tert-OH is 1. The van der Waals surface area contributed by atoms with Crippen LogP contribution in [0.15, 0.2) is 18.3 Å². The highest BCUT2D eigenvalue weighted by Crippen LogP contribution is 2.24. The quantitative estimate of drug-likeness (QED) is 0.793. The molecule has 0 radical (unpaired) electrons. The summed E-state index contributed by atoms with van der Waals surface area (Å²) in [5.41, 5.74) is 0.254. The number of carbonyl (C=O) groups excluding carboxylic acids is 2. The van der Waals surface area contributed by atoms with Gasteiger partial charge in [0, 0.05) is 25.7 Å². The van der Waals surface area contributed by atoms with Gasteiger partial charge in [0.05, 0.1) is 6.61 Å². The number of rotatable bonds is 6. The molecule has 1 saturated heterocycles. The molecular weight excluding hydrogens is 346 g/mol. The van der Waals surface area contributed by atoms with E-state index in [1.165, 1.54) is 0 Å². The Kier molecular flexibility index (Phi) is 7.59. The molecule has 0 aromatic carbocycles. The van der Waals surface area contributed by atoms with Crippen LogP contribution in [-0.2, 0) is 16.1 Å². The molecular formula is C20H31N3O4. The second-order valence-electron chi connectivity index (χ2n) is 8.06. The lowest BCUT2D eigenvalue weighted by Gasteiger charge is -2.33. The van der Waals surface area contributed by atoms with E-state index in [2.05, 4.69) is 10.3 Å². The normalized spacial score (nSPS) is 15.5. The van der Waals surface area contributed by atoms with Crippen molar-refractivity contribution in [2.75, 3.05) is 18.4 Å². The minimum Gasteiger partial charge on any atom is -0.444 e. The number of hydrogen-bond acceptors (Lipinski definition) is 5. The van der Waals surface area contributed by atoms with Crippen molar-refractivity contribution in [3.63, 3.8) is 0 Å². The first-order valence-corrected chi connectivity index (χ1v) is 9.60. The largest absolute Gasteiger partial charge is 0.444 e. The summed E-state index contributed by atoms with van der Waals surface area (Å²) in [4.78, 5) is 30.0. The Bertz CT molecular complexity index is 634. The van der Waals surface area contributed by atoms with E-state index in [-0.39, 0.29) is 18.6 Å². The van der Waals surface area contributed by atoms with Gasteiger partial charge in [-0.05, 0) is 70.1 Å². The van der Waals surface area contributed by atoms with Gasteiger partial charge in [0.25, 0.3) is 0 Å². The molecule has 7 heteroatoms. The van der Waals surface area contributed by atoms with Gasteiger partial charge in [0.1, 0.15) is 11.4 Å². The van der Waals surface area contributed by atoms with Gasteiger partial charge in [-0.1, -0.05) is 0 Å². The Hall–Kier alpha value is -2.15. The van der Waals surface area contributed by atoms with Gasteiger partial charge in [-0.3, -0.25) is 4.79 Å². The number of piperidine rings is 1. The maximum atomic E-state index is 12.1. The van der Waals surface area contributed by atoms with Crippen molar-refractivity contribution in [2.45, 2.75) is 65.1 Å². The fourth-order valence-electron chi connectivity index (χ4n) is 3.13. The van der Waals surface area contributed by atoms with Crippen molar-refractivity contribution >= 4 is 17.8 Å². The Morgan fingerprint density at radius 1 is 1.33 bits per heavy atom. The van der Waals surface area contributed by atoms with Gasteiger partial charge in [-0.25, -0.2) is 9.78 Å². The van der Waals surface area contributed by atoms with Crippen molar-refractivity contribution in [1.29, 1.82) is 0 Å². The molecule has 2 heterocycles. The molecule has 1 aromatic rings. The van der Waals surface area contributed by atoms with Gasteiger partial charge in [-0.2, -0.15) is 0 Å². The molecule has 1 fully saturated rings. The fourth-order valence-corrected chi connectivity index (χ4v) is 3.13. The van der Waals surface area contributed by atoms with E-state index in [0.717, 1.165) is 31.2 Å². The Balaban J connectivity index is 1.65. The zero-order valence-electron chi connectivity index (χ0n) is 16.5. The third-order valence-electron chi connectivity index (χ3n) is 4.56. The average molecular weight is 377 g/mol. The number of amides is 2. The molecule has 1 aromatic heterocycles. The number of ether oxygens (including phenoxy) is 1. The van der Waals surface area contributed by atoms with Crippen LogP contribution >= 0.6 is 0 Å². The number of nitrogens with one attached hydrogen (secondary N) is 1. The summed E-state index contributed by atoms with van der Waals surface area (Å²) in [6.07, 6.45) is 5.44. The Morgan fingerprint density at radius 3 is 2.67 bits per heavy atom. The SMILES string of the molecule is CC(C)(C)OC(=O)N1CCC(CCCC(=O)Nc2cc(CO)ccn2)CC1. The standard InChI is InChI=1S/C20H31N3O4/c1-20(2,3)27-19(26)23-11-8-15(9-12-23)5-4-6-18(25)22-17-13-16(14-24)7-10-21-17/h7,10,13,15,24H,4-6,8-9,11-12,14H2,1-3H3,(H,21,22,25). The molecule has 2 amide bonds. The lowest BCUT2D eigenvalue weighted by molar-refractivity contribution is -0.116. The van der Waals surface area contributed by atoms with Crippen molar-refractivity contribution in [2.24, 2.45) is 5.92 Å². The highest BCUT2D eigenvalue weighted by Gasteiger charge is 2.26. The predicted molar refractivity (Wildman–Crippen MR) is 103 cm³/mol. The van der Waals surface area contributed by atoms with E-state index in [0.29, 0.717) is 31.2 Å². The van der Waals surface area contributed by atoms with E-state index in [1.54, 1.807) is 23.2 Å². The maximum absolute atomic E-state index is 12.1. The van der Waals surface area contributed by atoms with Crippen LogP contribution in [0.2, 0.25) is 0 Å². The minimum atomic E-state index is -0.465. The summed E-state index contributed by atoms with van der Waals surface area (Å²) in [5, 5.41) is 11.9. The van der Waals surface area contributed by atoms with Gasteiger partial charge in [0.15, 0.2) is 0 Å². The summed E-state index contributed by atoms with van der Waals surface area (Å²) >= 11 is 0. The molecule has 0 unspecified atom stereocenters. The van der Waals surface area contributed by atoms with E-state index in [4.69, 9.17) is 9.84 Å². The Morgan fingerprint density at radius 2 is 2.04 bits per heavy atom. The molecule has 0 atom stereocenters. The highest BCUT2D eigenvalue weighted by atomic mass is 16.6. The first-order valence-electron chi connectivity index (χ1n) is 9.60. The summed E-state index contributed by atoms with van der Waals surface area (Å²) in [6, 6.07) is 3.38. The number of carbonyl (C=O) groups is 2. The third kappa shape index (κ3) is 7.54. The predicted octanol–water partition coefficient (Wildman–Crippen LogP) is 3.33. The van der Waals surface area contributed by atoms with E-state index < -0.39 is 5.60 Å². The molecule has 1 aliphatic heterocycles. The fraction of sp³-hybridized carbons (Fsp3) is 0.650. The summed E-state index contributed by atoms with van der Waals surface area (Å²) in [7, 11) is 0. The monoisotopic (exact) mass is 377 g/mol. The summed E-state index contributed by atoms with van der Waals surface area (Å²) in [6.45, 7) is 6.97. The van der Waals surface area contributed by atoms with Crippen LogP contribution in [0.25, 0.3) is 0 Å². The van der Waals surface area contributed by atoms with Crippen LogP contribution in [0.3, 0.4) is 0 Å². The molecule has 0 bridgehead atoms. The van der Waals surface area contributed by atoms with Crippen LogP contribution in [0, 0.1) is 5.92 Å². The number of nitrogens with zero attached hydrogens (tertiary/aromatic N) is 2. The summed E-state index contributed by atoms with van der Waals surface area (Å²) in [5.74, 6) is 0.938. The summed E-state index contributed by atoms with van der Waals surface area (Å²) < 4.78 is 5.41. The second-order valence-corrected chi connectivity index (χ2v) is 8.06. The average Bonchev–Trinajstić information content (AvgIpc) is 2.61. The van der Waals surface area contributed by atoms with Crippen molar-refractivity contribution in [3.05, 3.63) is 23.9 Å². The molecule has 0 spiro atoms. The molecule has 1 aliphatic rings. The van der Waals surface area contributed by atoms with Gasteiger partial charge in [0.2, 0.25) is 5.91 Å². The lowest BCUT2D eigenvalue weighted by Crippen LogP contribution is -2.41. The van der Waals surface area contributed by atoms with Gasteiger partial charge < -0.3 is 20.1 Å². The first-order chi connectivity index (χ1) is 12.8. The van der Waals surface area contributed by atoms with E-state index in [9.17, 15) is 9.59 Å². The zero-order valence-corrected chi connectivity index (χ0v) is 16.5. The maximum Gasteiger partial charge on any atom is 0.410 e. The molecule has 27 heavy (non-hydrogen) atoms. The first kappa shape index (κ1) is 21.2. The molecule has 2 N–H and O–H groups in total. The van der Waals surface area contributed by atoms with E-state index in [1.807, 2.05) is 20.8 Å². The third-order valence-corrected chi connectivity index (χ3v) is 4.56. The minimum absolute atomic E-state index is 0.0659. The number of likely N-dealkylation sites (tertiary alicyclic amines) is 1. The van der Waals surface area contributed by atoms with Crippen LogP contribution in [0.4, 0.5) is 10.6 Å². The number of anilines is 1. The molecule has 0 aliphatic carbocycles. The van der Waals surface area contributed by atoms with Crippen LogP contribution in [0.1, 0.15) is 58.4 Å². The van der Waals surface area contributed by atoms with Crippen LogP contribution in [-0.4, -0.2) is 45.7 Å². The number of pyridine rings is 1. The molecule has 0 saturated carbocycles. The second kappa shape index (κ2) is 9.69. The van der Waals surface area contributed by atoms with Crippen LogP contribution < -0.4 is 5.32 Å². The topological polar surface area (TPSA) is 91.8 Å². The van der Waals surface area contributed by atoms with Crippen molar-refractivity contribution in [1.82, 2.24) is 9.88 Å². The van der Waals surface area contributed by atoms with Crippen LogP contribution in [0.5, 0.6) is 0 Å². The molecule has 2 rings (SSSR count). The highest BCUT2D eigenvalue weighted by molar-refractivity contribution is 5.89. The molecule has 150 valence electrons. The molecule has 7 nitrogen and oxygen atoms in total. The lowest BCUT2D eigenvalue weighted by atomic mass is 9.91. The number of aliphatic hydroxyl groups is 1. The zero-order chi connectivity index (χ0) is 19.9. The van der Waals surface area contributed by atoms with Gasteiger partial charge in [-0.15, -0.1) is 0 Å². The number of aromatic nitrogens is 1. The van der Waals surface area contributed by atoms with E-state index >= 15 is 0 Å². The number of hydrogen-bond donors (Lipinski definition) is 2. The van der Waals surface area contributed by atoms with Crippen molar-refractivity contribution in [3.8, 4) is 0 Å². The Labute approximate surface area is 161 Å². The smallest absolute Gasteiger partial charge is 0.410 e.